The number of likely N-dealkylation sites (N-methyl/N-ethyl adjacent to an activating group) is 1. The molecule has 2 aromatic rings. The quantitative estimate of drug-likeness (QED) is 0.916. The summed E-state index contributed by atoms with van der Waals surface area (Å²) in [5, 5.41) is 0. The van der Waals surface area contributed by atoms with Gasteiger partial charge in [0, 0.05) is 20.1 Å². The van der Waals surface area contributed by atoms with E-state index in [4.69, 9.17) is 0 Å². The fraction of sp³-hybridized carbons (Fsp3) is 0.600. The molecule has 1 amide bonds. The second kappa shape index (κ2) is 5.23. The Balaban J connectivity index is 1.46. The molecule has 2 unspecified atom stereocenters. The van der Waals surface area contributed by atoms with Gasteiger partial charge >= 0.3 is 0 Å². The zero-order chi connectivity index (χ0) is 15.1. The predicted molar refractivity (Wildman–Crippen MR) is 82.4 cm³/mol. The number of nitrogens with one attached hydrogen (secondary N) is 1. The van der Waals surface area contributed by atoms with Crippen LogP contribution in [-0.2, 0) is 4.79 Å². The number of carbonyl (C=O) groups is 1. The Kier molecular flexibility index (Phi) is 3.20. The maximum absolute atomic E-state index is 12.5. The molecule has 0 radical (unpaired) electrons. The molecule has 3 heterocycles. The monoisotopic (exact) mass is 300 g/mol. The molecule has 22 heavy (non-hydrogen) atoms. The van der Waals surface area contributed by atoms with Gasteiger partial charge in [0.05, 0.1) is 12.9 Å². The second-order valence-corrected chi connectivity index (χ2v) is 6.40. The SMILES string of the molecule is CN(CC(=O)N1CC2CCCC2C1)c1ncnc2nc[nH]c12. The number of hydrogen-bond acceptors (Lipinski definition) is 5. The van der Waals surface area contributed by atoms with Crippen LogP contribution in [0.4, 0.5) is 5.82 Å². The van der Waals surface area contributed by atoms with Gasteiger partial charge in [0.2, 0.25) is 5.91 Å². The Morgan fingerprint density at radius 3 is 2.86 bits per heavy atom. The van der Waals surface area contributed by atoms with Gasteiger partial charge in [-0.25, -0.2) is 15.0 Å². The molecule has 4 rings (SSSR count). The third-order valence-electron chi connectivity index (χ3n) is 5.02. The summed E-state index contributed by atoms with van der Waals surface area (Å²) >= 11 is 0. The van der Waals surface area contributed by atoms with Gasteiger partial charge in [-0.3, -0.25) is 4.79 Å². The summed E-state index contributed by atoms with van der Waals surface area (Å²) in [5.74, 6) is 2.36. The average molecular weight is 300 g/mol. The Bertz CT molecular complexity index is 686. The van der Waals surface area contributed by atoms with Crippen LogP contribution in [0.5, 0.6) is 0 Å². The fourth-order valence-electron chi connectivity index (χ4n) is 3.86. The van der Waals surface area contributed by atoms with E-state index >= 15 is 0 Å². The molecule has 2 aliphatic rings. The lowest BCUT2D eigenvalue weighted by molar-refractivity contribution is -0.128. The minimum Gasteiger partial charge on any atom is -0.348 e. The van der Waals surface area contributed by atoms with Crippen LogP contribution in [0, 0.1) is 11.8 Å². The van der Waals surface area contributed by atoms with Crippen LogP contribution in [0.3, 0.4) is 0 Å². The molecule has 1 aliphatic carbocycles. The molecule has 1 saturated heterocycles. The molecule has 116 valence electrons. The first kappa shape index (κ1) is 13.5. The second-order valence-electron chi connectivity index (χ2n) is 6.40. The first-order valence-corrected chi connectivity index (χ1v) is 7.85. The first-order chi connectivity index (χ1) is 10.7. The number of fused-ring (bicyclic) bond motifs is 2. The zero-order valence-corrected chi connectivity index (χ0v) is 12.7. The number of anilines is 1. The smallest absolute Gasteiger partial charge is 0.242 e. The Labute approximate surface area is 128 Å². The molecular formula is C15H20N6O. The molecule has 2 aromatic heterocycles. The van der Waals surface area contributed by atoms with Crippen LogP contribution in [-0.4, -0.2) is 57.4 Å². The molecule has 1 saturated carbocycles. The number of imidazole rings is 1. The molecule has 1 N–H and O–H groups in total. The summed E-state index contributed by atoms with van der Waals surface area (Å²) in [4.78, 5) is 32.0. The van der Waals surface area contributed by atoms with E-state index in [2.05, 4.69) is 19.9 Å². The van der Waals surface area contributed by atoms with Crippen molar-refractivity contribution in [3.8, 4) is 0 Å². The highest BCUT2D eigenvalue weighted by Crippen LogP contribution is 2.37. The van der Waals surface area contributed by atoms with E-state index in [0.29, 0.717) is 12.2 Å². The van der Waals surface area contributed by atoms with Gasteiger partial charge in [0.1, 0.15) is 11.8 Å². The Hall–Kier alpha value is -2.18. The van der Waals surface area contributed by atoms with Gasteiger partial charge in [-0.15, -0.1) is 0 Å². The van der Waals surface area contributed by atoms with Gasteiger partial charge in [0.25, 0.3) is 0 Å². The summed E-state index contributed by atoms with van der Waals surface area (Å²) < 4.78 is 0. The van der Waals surface area contributed by atoms with Gasteiger partial charge < -0.3 is 14.8 Å². The highest BCUT2D eigenvalue weighted by atomic mass is 16.2. The summed E-state index contributed by atoms with van der Waals surface area (Å²) in [6.45, 7) is 2.20. The molecule has 2 atom stereocenters. The fourth-order valence-corrected chi connectivity index (χ4v) is 3.86. The molecule has 0 bridgehead atoms. The van der Waals surface area contributed by atoms with Crippen molar-refractivity contribution >= 4 is 22.9 Å². The number of hydrogen-bond donors (Lipinski definition) is 1. The summed E-state index contributed by atoms with van der Waals surface area (Å²) in [5.41, 5.74) is 1.40. The van der Waals surface area contributed by atoms with Crippen molar-refractivity contribution in [1.29, 1.82) is 0 Å². The van der Waals surface area contributed by atoms with Crippen LogP contribution in [0.15, 0.2) is 12.7 Å². The summed E-state index contributed by atoms with van der Waals surface area (Å²) in [7, 11) is 1.89. The number of carbonyl (C=O) groups excluding carboxylic acids is 1. The largest absolute Gasteiger partial charge is 0.348 e. The van der Waals surface area contributed by atoms with Crippen molar-refractivity contribution in [2.45, 2.75) is 19.3 Å². The molecular weight excluding hydrogens is 280 g/mol. The molecule has 0 aromatic carbocycles. The number of rotatable bonds is 3. The van der Waals surface area contributed by atoms with Crippen molar-refractivity contribution in [1.82, 2.24) is 24.8 Å². The van der Waals surface area contributed by atoms with E-state index in [0.717, 1.165) is 36.3 Å². The van der Waals surface area contributed by atoms with Crippen LogP contribution < -0.4 is 4.90 Å². The highest BCUT2D eigenvalue weighted by molar-refractivity contribution is 5.87. The number of H-pyrrole nitrogens is 1. The Morgan fingerprint density at radius 2 is 2.09 bits per heavy atom. The van der Waals surface area contributed by atoms with Crippen LogP contribution in [0.25, 0.3) is 11.2 Å². The highest BCUT2D eigenvalue weighted by Gasteiger charge is 2.38. The van der Waals surface area contributed by atoms with E-state index in [1.54, 1.807) is 6.33 Å². The number of aromatic nitrogens is 4. The van der Waals surface area contributed by atoms with Crippen molar-refractivity contribution in [3.05, 3.63) is 12.7 Å². The van der Waals surface area contributed by atoms with Crippen molar-refractivity contribution < 1.29 is 4.79 Å². The minimum atomic E-state index is 0.183. The number of aromatic amines is 1. The van der Waals surface area contributed by atoms with Gasteiger partial charge in [-0.2, -0.15) is 0 Å². The Morgan fingerprint density at radius 1 is 1.32 bits per heavy atom. The maximum Gasteiger partial charge on any atom is 0.242 e. The van der Waals surface area contributed by atoms with Gasteiger partial charge in [-0.1, -0.05) is 6.42 Å². The van der Waals surface area contributed by atoms with Crippen LogP contribution >= 0.6 is 0 Å². The lowest BCUT2D eigenvalue weighted by atomic mass is 10.0. The van der Waals surface area contributed by atoms with E-state index in [1.165, 1.54) is 25.6 Å². The topological polar surface area (TPSA) is 78.0 Å². The normalized spacial score (nSPS) is 24.0. The molecule has 7 nitrogen and oxygen atoms in total. The van der Waals surface area contributed by atoms with Gasteiger partial charge in [-0.05, 0) is 24.7 Å². The lowest BCUT2D eigenvalue weighted by Gasteiger charge is -2.23. The third kappa shape index (κ3) is 2.20. The molecule has 0 spiro atoms. The molecule has 1 aliphatic heterocycles. The zero-order valence-electron chi connectivity index (χ0n) is 12.7. The average Bonchev–Trinajstić information content (AvgIpc) is 3.21. The van der Waals surface area contributed by atoms with Crippen molar-refractivity contribution in [3.63, 3.8) is 0 Å². The van der Waals surface area contributed by atoms with E-state index < -0.39 is 0 Å². The minimum absolute atomic E-state index is 0.183. The number of nitrogens with zero attached hydrogens (tertiary/aromatic N) is 5. The molecule has 7 heteroatoms. The van der Waals surface area contributed by atoms with Gasteiger partial charge in [0.15, 0.2) is 11.5 Å². The van der Waals surface area contributed by atoms with E-state index in [9.17, 15) is 4.79 Å². The summed E-state index contributed by atoms with van der Waals surface area (Å²) in [6.07, 6.45) is 6.98. The summed E-state index contributed by atoms with van der Waals surface area (Å²) in [6, 6.07) is 0. The predicted octanol–water partition coefficient (Wildman–Crippen LogP) is 1.05. The lowest BCUT2D eigenvalue weighted by Crippen LogP contribution is -2.38. The number of amides is 1. The van der Waals surface area contributed by atoms with Crippen molar-refractivity contribution in [2.75, 3.05) is 31.6 Å². The molecule has 2 fully saturated rings. The van der Waals surface area contributed by atoms with E-state index in [1.807, 2.05) is 16.8 Å². The first-order valence-electron chi connectivity index (χ1n) is 7.85. The van der Waals surface area contributed by atoms with E-state index in [-0.39, 0.29) is 5.91 Å². The standard InChI is InChI=1S/C15H20N6O/c1-20(15-13-14(17-8-16-13)18-9-19-15)7-12(22)21-5-10-3-2-4-11(10)6-21/h8-11H,2-7H2,1H3,(H,16,17,18,19). The third-order valence-corrected chi connectivity index (χ3v) is 5.02. The number of likely N-dealkylation sites (tertiary alicyclic amines) is 1. The maximum atomic E-state index is 12.5. The van der Waals surface area contributed by atoms with Crippen LogP contribution in [0.2, 0.25) is 0 Å². The van der Waals surface area contributed by atoms with Crippen molar-refractivity contribution in [2.24, 2.45) is 11.8 Å². The van der Waals surface area contributed by atoms with Crippen LogP contribution in [0.1, 0.15) is 19.3 Å².